The minimum absolute atomic E-state index is 0.259. The van der Waals surface area contributed by atoms with E-state index >= 15 is 0 Å². The van der Waals surface area contributed by atoms with E-state index in [1.54, 1.807) is 0 Å². The molecule has 3 rings (SSSR count). The number of carbonyl (C=O) groups is 1. The fourth-order valence-electron chi connectivity index (χ4n) is 3.18. The number of aliphatic carboxylic acids is 1. The third-order valence-electron chi connectivity index (χ3n) is 4.54. The van der Waals surface area contributed by atoms with Crippen molar-refractivity contribution in [2.45, 2.75) is 24.2 Å². The Morgan fingerprint density at radius 3 is 2.38 bits per heavy atom. The third kappa shape index (κ3) is 3.71. The highest BCUT2D eigenvalue weighted by atomic mass is 19.4. The number of rotatable bonds is 6. The predicted molar refractivity (Wildman–Crippen MR) is 86.3 cm³/mol. The number of aromatic nitrogens is 1. The number of carboxylic acid groups (broad SMARTS) is 1. The van der Waals surface area contributed by atoms with Gasteiger partial charge in [-0.1, -0.05) is 36.4 Å². The lowest BCUT2D eigenvalue weighted by atomic mass is 10.1. The van der Waals surface area contributed by atoms with Gasteiger partial charge < -0.3 is 15.5 Å². The van der Waals surface area contributed by atoms with Gasteiger partial charge in [-0.25, -0.2) is 0 Å². The van der Waals surface area contributed by atoms with Crippen LogP contribution in [-0.2, 0) is 11.0 Å². The molecule has 1 fully saturated rings. The molecule has 1 aliphatic rings. The normalized spacial score (nSPS) is 23.5. The van der Waals surface area contributed by atoms with E-state index in [-0.39, 0.29) is 5.92 Å². The van der Waals surface area contributed by atoms with Gasteiger partial charge in [0.15, 0.2) is 0 Å². The van der Waals surface area contributed by atoms with E-state index in [1.807, 2.05) is 30.3 Å². The fraction of sp³-hybridized carbons (Fsp3) is 0.333. The number of hydrogen-bond acceptors (Lipinski definition) is 4. The van der Waals surface area contributed by atoms with Crippen LogP contribution in [0.25, 0.3) is 0 Å². The molecule has 1 heterocycles. The zero-order valence-electron chi connectivity index (χ0n) is 13.5. The van der Waals surface area contributed by atoms with Gasteiger partial charge in [-0.2, -0.15) is 13.2 Å². The molecule has 8 heteroatoms. The second-order valence-electron chi connectivity index (χ2n) is 6.20. The molecule has 1 aromatic carbocycles. The Morgan fingerprint density at radius 1 is 1.19 bits per heavy atom. The van der Waals surface area contributed by atoms with Crippen LogP contribution in [0.5, 0.6) is 0 Å². The summed E-state index contributed by atoms with van der Waals surface area (Å²) in [5.41, 5.74) is 0.206. The van der Waals surface area contributed by atoms with Crippen molar-refractivity contribution in [3.8, 4) is 0 Å². The van der Waals surface area contributed by atoms with Crippen molar-refractivity contribution in [1.82, 2.24) is 10.3 Å². The van der Waals surface area contributed by atoms with Crippen molar-refractivity contribution >= 4 is 5.97 Å². The number of nitrogens with zero attached hydrogens (tertiary/aromatic N) is 1. The van der Waals surface area contributed by atoms with E-state index in [0.717, 1.165) is 17.8 Å². The lowest BCUT2D eigenvalue weighted by Crippen LogP contribution is -2.29. The minimum Gasteiger partial charge on any atom is -0.481 e. The van der Waals surface area contributed by atoms with Crippen LogP contribution < -0.4 is 5.32 Å². The van der Waals surface area contributed by atoms with Gasteiger partial charge in [-0.3, -0.25) is 9.78 Å². The summed E-state index contributed by atoms with van der Waals surface area (Å²) in [6.45, 7) is -0.391. The number of pyridine rings is 1. The molecule has 1 saturated carbocycles. The van der Waals surface area contributed by atoms with Gasteiger partial charge in [-0.15, -0.1) is 0 Å². The number of hydrogen-bond donors (Lipinski definition) is 3. The minimum atomic E-state index is -4.54. The summed E-state index contributed by atoms with van der Waals surface area (Å²) in [5, 5.41) is 22.0. The molecule has 0 bridgehead atoms. The number of halogens is 3. The predicted octanol–water partition coefficient (Wildman–Crippen LogP) is 2.59. The number of nitrogens with one attached hydrogen (secondary N) is 1. The maximum atomic E-state index is 12.6. The standard InChI is InChI=1S/C18H17F3N2O3/c19-18(20,21)13-7-6-11(8-22-13)12(9-24)23-16-14(15(16)17(25)26)10-4-2-1-3-5-10/h1-8,12,14-16,23-24H,9H2,(H,25,26)/t12-,14+,15+,16?/m0/s1. The smallest absolute Gasteiger partial charge is 0.433 e. The molecule has 0 amide bonds. The van der Waals surface area contributed by atoms with Crippen LogP contribution in [0.15, 0.2) is 48.7 Å². The average molecular weight is 366 g/mol. The van der Waals surface area contributed by atoms with Crippen molar-refractivity contribution < 1.29 is 28.2 Å². The highest BCUT2D eigenvalue weighted by Crippen LogP contribution is 2.48. The van der Waals surface area contributed by atoms with E-state index in [4.69, 9.17) is 0 Å². The van der Waals surface area contributed by atoms with Crippen LogP contribution >= 0.6 is 0 Å². The van der Waals surface area contributed by atoms with E-state index in [9.17, 15) is 28.2 Å². The lowest BCUT2D eigenvalue weighted by molar-refractivity contribution is -0.141. The van der Waals surface area contributed by atoms with Gasteiger partial charge in [0.25, 0.3) is 0 Å². The van der Waals surface area contributed by atoms with Crippen LogP contribution in [0.4, 0.5) is 13.2 Å². The molecule has 0 radical (unpaired) electrons. The monoisotopic (exact) mass is 366 g/mol. The van der Waals surface area contributed by atoms with Crippen LogP contribution in [0.1, 0.15) is 28.8 Å². The van der Waals surface area contributed by atoms with Gasteiger partial charge in [0.05, 0.1) is 18.6 Å². The Bertz CT molecular complexity index is 766. The van der Waals surface area contributed by atoms with Gasteiger partial charge in [0, 0.05) is 18.2 Å². The Morgan fingerprint density at radius 2 is 1.88 bits per heavy atom. The Kier molecular flexibility index (Phi) is 4.97. The molecule has 3 N–H and O–H groups in total. The summed E-state index contributed by atoms with van der Waals surface area (Å²) < 4.78 is 37.8. The summed E-state index contributed by atoms with van der Waals surface area (Å²) in [6, 6.07) is 10.1. The van der Waals surface area contributed by atoms with Crippen LogP contribution in [0, 0.1) is 5.92 Å². The maximum absolute atomic E-state index is 12.6. The molecule has 1 aliphatic carbocycles. The van der Waals surface area contributed by atoms with Gasteiger partial charge in [-0.05, 0) is 17.2 Å². The summed E-state index contributed by atoms with van der Waals surface area (Å²) in [5.74, 6) is -1.88. The van der Waals surface area contributed by atoms with Crippen molar-refractivity contribution in [2.75, 3.05) is 6.61 Å². The molecule has 1 aromatic heterocycles. The fourth-order valence-corrected chi connectivity index (χ4v) is 3.18. The number of benzene rings is 1. The molecule has 0 saturated heterocycles. The molecular weight excluding hydrogens is 349 g/mol. The van der Waals surface area contributed by atoms with Gasteiger partial charge >= 0.3 is 12.1 Å². The van der Waals surface area contributed by atoms with Gasteiger partial charge in [0.2, 0.25) is 0 Å². The quantitative estimate of drug-likeness (QED) is 0.732. The first-order chi connectivity index (χ1) is 12.3. The first kappa shape index (κ1) is 18.3. The van der Waals surface area contributed by atoms with Gasteiger partial charge in [0.1, 0.15) is 5.69 Å². The largest absolute Gasteiger partial charge is 0.481 e. The highest BCUT2D eigenvalue weighted by molar-refractivity contribution is 5.77. The summed E-state index contributed by atoms with van der Waals surface area (Å²) in [4.78, 5) is 14.9. The van der Waals surface area contributed by atoms with Crippen LogP contribution in [0.3, 0.4) is 0 Å². The maximum Gasteiger partial charge on any atom is 0.433 e. The first-order valence-corrected chi connectivity index (χ1v) is 8.00. The third-order valence-corrected chi connectivity index (χ3v) is 4.54. The average Bonchev–Trinajstić information content (AvgIpc) is 3.34. The van der Waals surface area contributed by atoms with Crippen LogP contribution in [0.2, 0.25) is 0 Å². The first-order valence-electron chi connectivity index (χ1n) is 8.00. The molecule has 4 atom stereocenters. The number of alkyl halides is 3. The number of carboxylic acids is 1. The summed E-state index contributed by atoms with van der Waals surface area (Å²) in [7, 11) is 0. The van der Waals surface area contributed by atoms with Crippen LogP contribution in [-0.4, -0.2) is 33.8 Å². The Balaban J connectivity index is 1.76. The summed E-state index contributed by atoms with van der Waals surface area (Å²) >= 11 is 0. The molecule has 26 heavy (non-hydrogen) atoms. The molecule has 5 nitrogen and oxygen atoms in total. The highest BCUT2D eigenvalue weighted by Gasteiger charge is 2.56. The number of aliphatic hydroxyl groups excluding tert-OH is 1. The molecule has 1 unspecified atom stereocenters. The van der Waals surface area contributed by atoms with E-state index in [1.165, 1.54) is 6.07 Å². The second kappa shape index (κ2) is 7.05. The van der Waals surface area contributed by atoms with E-state index in [2.05, 4.69) is 10.3 Å². The van der Waals surface area contributed by atoms with Crippen molar-refractivity contribution in [3.05, 3.63) is 65.5 Å². The topological polar surface area (TPSA) is 82.5 Å². The molecule has 0 aliphatic heterocycles. The molecular formula is C18H17F3N2O3. The van der Waals surface area contributed by atoms with Crippen molar-refractivity contribution in [3.63, 3.8) is 0 Å². The zero-order valence-corrected chi connectivity index (χ0v) is 13.5. The lowest BCUT2D eigenvalue weighted by Gasteiger charge is -2.17. The van der Waals surface area contributed by atoms with Crippen molar-refractivity contribution in [1.29, 1.82) is 0 Å². The second-order valence-corrected chi connectivity index (χ2v) is 6.20. The van der Waals surface area contributed by atoms with E-state index in [0.29, 0.717) is 5.56 Å². The number of aliphatic hydroxyl groups is 1. The Hall–Kier alpha value is -2.45. The SMILES string of the molecule is O=C(O)[C@H]1C(N[C@@H](CO)c2ccc(C(F)(F)F)nc2)[C@@H]1c1ccccc1. The molecule has 138 valence electrons. The zero-order chi connectivity index (χ0) is 18.9. The molecule has 2 aromatic rings. The summed E-state index contributed by atoms with van der Waals surface area (Å²) in [6.07, 6.45) is -3.49. The Labute approximate surface area is 147 Å². The molecule has 0 spiro atoms. The van der Waals surface area contributed by atoms with E-state index < -0.39 is 42.4 Å². The van der Waals surface area contributed by atoms with Crippen molar-refractivity contribution in [2.24, 2.45) is 5.92 Å².